The van der Waals surface area contributed by atoms with E-state index in [1.807, 2.05) is 24.3 Å². The third-order valence-corrected chi connectivity index (χ3v) is 6.07. The molecule has 2 unspecified atom stereocenters. The second-order valence-corrected chi connectivity index (χ2v) is 8.33. The molecule has 7 nitrogen and oxygen atoms in total. The first kappa shape index (κ1) is 23.6. The molecule has 0 aliphatic carbocycles. The Morgan fingerprint density at radius 1 is 1.03 bits per heavy atom. The van der Waals surface area contributed by atoms with Crippen molar-refractivity contribution >= 4 is 17.6 Å². The van der Waals surface area contributed by atoms with E-state index in [1.165, 1.54) is 4.90 Å². The minimum absolute atomic E-state index is 0.0114. The molecule has 180 valence electrons. The number of ether oxygens (including phenoxy) is 1. The van der Waals surface area contributed by atoms with E-state index in [1.54, 1.807) is 0 Å². The lowest BCUT2D eigenvalue weighted by atomic mass is 9.83. The van der Waals surface area contributed by atoms with E-state index in [2.05, 4.69) is 5.32 Å². The largest absolute Gasteiger partial charge is 0.488 e. The van der Waals surface area contributed by atoms with Crippen molar-refractivity contribution in [1.29, 1.82) is 0 Å². The molecule has 34 heavy (non-hydrogen) atoms. The summed E-state index contributed by atoms with van der Waals surface area (Å²) < 4.78 is 45.6. The highest BCUT2D eigenvalue weighted by Crippen LogP contribution is 2.33. The lowest BCUT2D eigenvalue weighted by molar-refractivity contribution is -0.133. The summed E-state index contributed by atoms with van der Waals surface area (Å²) in [6.07, 6.45) is 0.279. The van der Waals surface area contributed by atoms with Crippen LogP contribution in [0, 0.1) is 17.5 Å². The molecule has 0 spiro atoms. The van der Waals surface area contributed by atoms with Crippen molar-refractivity contribution in [3.8, 4) is 5.75 Å². The second kappa shape index (κ2) is 9.76. The maximum absolute atomic E-state index is 13.6. The highest BCUT2D eigenvalue weighted by Gasteiger charge is 2.39. The Morgan fingerprint density at radius 2 is 1.74 bits per heavy atom. The zero-order chi connectivity index (χ0) is 24.4. The van der Waals surface area contributed by atoms with Gasteiger partial charge in [-0.2, -0.15) is 4.39 Å². The van der Waals surface area contributed by atoms with Crippen LogP contribution < -0.4 is 10.1 Å². The SMILES string of the molecule is O=C(O)C1=C(c2ccc(CCCOc3c(F)ccc(F)c3F)cc2)CC2CN(C(=O)O)CC1N2. The van der Waals surface area contributed by atoms with Crippen molar-refractivity contribution in [2.24, 2.45) is 0 Å². The molecule has 2 aliphatic rings. The third-order valence-electron chi connectivity index (χ3n) is 6.07. The van der Waals surface area contributed by atoms with Gasteiger partial charge in [0.1, 0.15) is 0 Å². The smallest absolute Gasteiger partial charge is 0.407 e. The molecule has 10 heteroatoms. The number of rotatable bonds is 7. The predicted molar refractivity (Wildman–Crippen MR) is 116 cm³/mol. The second-order valence-electron chi connectivity index (χ2n) is 8.33. The molecule has 2 heterocycles. The van der Waals surface area contributed by atoms with Crippen LogP contribution in [0.5, 0.6) is 5.75 Å². The number of nitrogens with one attached hydrogen (secondary N) is 1. The topological polar surface area (TPSA) is 99.1 Å². The number of carboxylic acid groups (broad SMARTS) is 2. The van der Waals surface area contributed by atoms with Gasteiger partial charge in [-0.05, 0) is 48.1 Å². The minimum atomic E-state index is -1.36. The monoisotopic (exact) mass is 476 g/mol. The Morgan fingerprint density at radius 3 is 2.41 bits per heavy atom. The Kier molecular flexibility index (Phi) is 6.78. The number of piperazine rings is 1. The van der Waals surface area contributed by atoms with Gasteiger partial charge in [-0.15, -0.1) is 0 Å². The first-order valence-electron chi connectivity index (χ1n) is 10.8. The molecule has 0 aromatic heterocycles. The maximum atomic E-state index is 13.6. The van der Waals surface area contributed by atoms with Gasteiger partial charge >= 0.3 is 12.1 Å². The van der Waals surface area contributed by atoms with Gasteiger partial charge in [-0.3, -0.25) is 0 Å². The Hall–Kier alpha value is -3.53. The number of hydrogen-bond donors (Lipinski definition) is 3. The number of carboxylic acids is 1. The molecule has 1 saturated heterocycles. The summed E-state index contributed by atoms with van der Waals surface area (Å²) in [7, 11) is 0. The van der Waals surface area contributed by atoms with Crippen molar-refractivity contribution in [1.82, 2.24) is 10.2 Å². The summed E-state index contributed by atoms with van der Waals surface area (Å²) in [5.74, 6) is -5.33. The lowest BCUT2D eigenvalue weighted by Crippen LogP contribution is -2.61. The number of benzene rings is 2. The average molecular weight is 476 g/mol. The molecule has 2 atom stereocenters. The number of nitrogens with zero attached hydrogens (tertiary/aromatic N) is 1. The third kappa shape index (κ3) is 4.86. The molecule has 2 aliphatic heterocycles. The summed E-state index contributed by atoms with van der Waals surface area (Å²) in [5.41, 5.74) is 2.51. The van der Waals surface area contributed by atoms with Crippen LogP contribution >= 0.6 is 0 Å². The number of aliphatic carboxylic acids is 1. The van der Waals surface area contributed by atoms with Crippen LogP contribution in [0.3, 0.4) is 0 Å². The van der Waals surface area contributed by atoms with Crippen LogP contribution in [-0.4, -0.2) is 59.0 Å². The van der Waals surface area contributed by atoms with E-state index in [-0.39, 0.29) is 31.3 Å². The Bertz CT molecular complexity index is 1140. The van der Waals surface area contributed by atoms with E-state index in [0.717, 1.165) is 17.2 Å². The zero-order valence-electron chi connectivity index (χ0n) is 18.1. The van der Waals surface area contributed by atoms with Gasteiger partial charge in [-0.25, -0.2) is 18.4 Å². The van der Waals surface area contributed by atoms with Gasteiger partial charge < -0.3 is 25.2 Å². The van der Waals surface area contributed by atoms with Crippen molar-refractivity contribution in [2.45, 2.75) is 31.3 Å². The van der Waals surface area contributed by atoms with E-state index in [9.17, 15) is 33.0 Å². The number of hydrogen-bond acceptors (Lipinski definition) is 4. The van der Waals surface area contributed by atoms with E-state index < -0.39 is 41.3 Å². The van der Waals surface area contributed by atoms with Crippen molar-refractivity contribution in [2.75, 3.05) is 19.7 Å². The summed E-state index contributed by atoms with van der Waals surface area (Å²) in [4.78, 5) is 24.6. The van der Waals surface area contributed by atoms with Gasteiger partial charge in [0.2, 0.25) is 5.82 Å². The fraction of sp³-hybridized carbons (Fsp3) is 0.333. The van der Waals surface area contributed by atoms with Gasteiger partial charge in [0.05, 0.1) is 18.2 Å². The molecular weight excluding hydrogens is 453 g/mol. The molecule has 2 bridgehead atoms. The van der Waals surface area contributed by atoms with E-state index >= 15 is 0 Å². The Labute approximate surface area is 193 Å². The lowest BCUT2D eigenvalue weighted by Gasteiger charge is -2.42. The molecular formula is C24H23F3N2O5. The minimum Gasteiger partial charge on any atom is -0.488 e. The molecule has 2 aromatic rings. The molecule has 3 N–H and O–H groups in total. The molecule has 0 radical (unpaired) electrons. The number of amides is 1. The summed E-state index contributed by atoms with van der Waals surface area (Å²) >= 11 is 0. The van der Waals surface area contributed by atoms with Crippen LogP contribution in [0.15, 0.2) is 42.0 Å². The van der Waals surface area contributed by atoms with Crippen LogP contribution in [0.2, 0.25) is 0 Å². The van der Waals surface area contributed by atoms with E-state index in [0.29, 0.717) is 30.9 Å². The van der Waals surface area contributed by atoms with Gasteiger partial charge in [-0.1, -0.05) is 24.3 Å². The quantitative estimate of drug-likeness (QED) is 0.417. The molecule has 0 saturated carbocycles. The summed E-state index contributed by atoms with van der Waals surface area (Å²) in [6, 6.07) is 8.05. The summed E-state index contributed by atoms with van der Waals surface area (Å²) in [5, 5.41) is 22.3. The molecule has 2 aromatic carbocycles. The standard InChI is InChI=1S/C24H23F3N2O5/c25-17-7-8-18(26)22(21(17)27)34-9-1-2-13-3-5-14(6-4-13)16-10-15-11-29(24(32)33)12-19(28-15)20(16)23(30)31/h3-8,15,19,28H,1-2,9-12H2,(H,30,31)(H,32,33). The van der Waals surface area contributed by atoms with Crippen molar-refractivity contribution < 1.29 is 37.7 Å². The fourth-order valence-corrected chi connectivity index (χ4v) is 4.49. The first-order chi connectivity index (χ1) is 16.2. The van der Waals surface area contributed by atoms with Crippen molar-refractivity contribution in [3.63, 3.8) is 0 Å². The summed E-state index contributed by atoms with van der Waals surface area (Å²) in [6.45, 7) is 0.344. The average Bonchev–Trinajstić information content (AvgIpc) is 2.80. The Balaban J connectivity index is 1.42. The fourth-order valence-electron chi connectivity index (χ4n) is 4.49. The van der Waals surface area contributed by atoms with Gasteiger partial charge in [0.15, 0.2) is 17.4 Å². The predicted octanol–water partition coefficient (Wildman–Crippen LogP) is 3.68. The van der Waals surface area contributed by atoms with Gasteiger partial charge in [0.25, 0.3) is 0 Å². The number of halogens is 3. The number of fused-ring (bicyclic) bond motifs is 2. The molecule has 1 amide bonds. The van der Waals surface area contributed by atoms with Crippen molar-refractivity contribution in [3.05, 3.63) is 70.5 Å². The van der Waals surface area contributed by atoms with Crippen LogP contribution in [0.4, 0.5) is 18.0 Å². The van der Waals surface area contributed by atoms with Crippen LogP contribution in [0.25, 0.3) is 5.57 Å². The zero-order valence-corrected chi connectivity index (χ0v) is 18.1. The number of aryl methyl sites for hydroxylation is 1. The van der Waals surface area contributed by atoms with Crippen LogP contribution in [0.1, 0.15) is 24.0 Å². The maximum Gasteiger partial charge on any atom is 0.407 e. The molecule has 1 fully saturated rings. The normalized spacial score (nSPS) is 19.8. The van der Waals surface area contributed by atoms with E-state index in [4.69, 9.17) is 4.74 Å². The first-order valence-corrected chi connectivity index (χ1v) is 10.8. The van der Waals surface area contributed by atoms with Gasteiger partial charge in [0, 0.05) is 19.1 Å². The highest BCUT2D eigenvalue weighted by molar-refractivity contribution is 5.98. The van der Waals surface area contributed by atoms with Crippen LogP contribution in [-0.2, 0) is 11.2 Å². The number of carbonyl (C=O) groups is 2. The molecule has 4 rings (SSSR count). The highest BCUT2D eigenvalue weighted by atomic mass is 19.2.